The van der Waals surface area contributed by atoms with Gasteiger partial charge in [0.1, 0.15) is 0 Å². The van der Waals surface area contributed by atoms with E-state index in [-0.39, 0.29) is 5.92 Å². The minimum atomic E-state index is 0.165. The SMILES string of the molecule is Clc1ccc(CN2CCCC(C3=NC4=C(Br)C=NCC4C(NCc4cccnc4)=C3)C2)cc1. The van der Waals surface area contributed by atoms with E-state index in [1.54, 1.807) is 6.20 Å². The van der Waals surface area contributed by atoms with Gasteiger partial charge in [0, 0.05) is 60.6 Å². The molecule has 0 bridgehead atoms. The second-order valence-corrected chi connectivity index (χ2v) is 10.1. The zero-order valence-electron chi connectivity index (χ0n) is 18.4. The van der Waals surface area contributed by atoms with Gasteiger partial charge in [-0.15, -0.1) is 0 Å². The summed E-state index contributed by atoms with van der Waals surface area (Å²) in [5.74, 6) is 0.576. The van der Waals surface area contributed by atoms with Crippen LogP contribution in [0.25, 0.3) is 0 Å². The number of aromatic nitrogens is 1. The van der Waals surface area contributed by atoms with Crippen molar-refractivity contribution in [3.8, 4) is 0 Å². The van der Waals surface area contributed by atoms with E-state index in [0.29, 0.717) is 5.92 Å². The molecule has 0 radical (unpaired) electrons. The smallest absolute Gasteiger partial charge is 0.0672 e. The molecule has 1 fully saturated rings. The van der Waals surface area contributed by atoms with E-state index in [4.69, 9.17) is 16.6 Å². The van der Waals surface area contributed by atoms with Gasteiger partial charge in [0.15, 0.2) is 0 Å². The Morgan fingerprint density at radius 2 is 2.03 bits per heavy atom. The Morgan fingerprint density at radius 1 is 1.15 bits per heavy atom. The van der Waals surface area contributed by atoms with Gasteiger partial charge in [0.25, 0.3) is 0 Å². The fourth-order valence-corrected chi connectivity index (χ4v) is 5.38. The highest BCUT2D eigenvalue weighted by molar-refractivity contribution is 9.12. The first-order valence-corrected chi connectivity index (χ1v) is 12.6. The fraction of sp³-hybridized carbons (Fsp3) is 0.346. The number of piperidine rings is 1. The van der Waals surface area contributed by atoms with Crippen LogP contribution >= 0.6 is 27.5 Å². The predicted octanol–water partition coefficient (Wildman–Crippen LogP) is 5.38. The maximum absolute atomic E-state index is 6.06. The van der Waals surface area contributed by atoms with Gasteiger partial charge < -0.3 is 5.32 Å². The highest BCUT2D eigenvalue weighted by atomic mass is 79.9. The van der Waals surface area contributed by atoms with Crippen LogP contribution in [0.5, 0.6) is 0 Å². The Bertz CT molecular complexity index is 1110. The van der Waals surface area contributed by atoms with Crippen LogP contribution in [0.1, 0.15) is 24.0 Å². The third kappa shape index (κ3) is 5.45. The van der Waals surface area contributed by atoms with Crippen LogP contribution in [0.3, 0.4) is 0 Å². The second-order valence-electron chi connectivity index (χ2n) is 8.83. The molecule has 170 valence electrons. The fourth-order valence-electron chi connectivity index (χ4n) is 4.74. The number of hydrogen-bond acceptors (Lipinski definition) is 5. The van der Waals surface area contributed by atoms with E-state index in [1.807, 2.05) is 30.6 Å². The van der Waals surface area contributed by atoms with Crippen molar-refractivity contribution in [1.82, 2.24) is 15.2 Å². The number of nitrogens with one attached hydrogen (secondary N) is 1. The van der Waals surface area contributed by atoms with Gasteiger partial charge in [-0.25, -0.2) is 0 Å². The molecule has 2 aromatic rings. The Kier molecular flexibility index (Phi) is 7.04. The van der Waals surface area contributed by atoms with Gasteiger partial charge in [-0.2, -0.15) is 0 Å². The highest BCUT2D eigenvalue weighted by Gasteiger charge is 2.31. The molecule has 5 rings (SSSR count). The van der Waals surface area contributed by atoms with Crippen molar-refractivity contribution in [3.05, 3.63) is 86.9 Å². The first kappa shape index (κ1) is 22.5. The number of likely N-dealkylation sites (tertiary alicyclic amines) is 1. The third-order valence-electron chi connectivity index (χ3n) is 6.46. The van der Waals surface area contributed by atoms with E-state index in [0.717, 1.165) is 59.9 Å². The normalized spacial score (nSPS) is 23.1. The lowest BCUT2D eigenvalue weighted by atomic mass is 9.87. The molecule has 1 saturated heterocycles. The first-order valence-electron chi connectivity index (χ1n) is 11.4. The van der Waals surface area contributed by atoms with Crippen molar-refractivity contribution in [2.75, 3.05) is 19.6 Å². The van der Waals surface area contributed by atoms with Gasteiger partial charge in [0.2, 0.25) is 0 Å². The largest absolute Gasteiger partial charge is 0.384 e. The van der Waals surface area contributed by atoms with Gasteiger partial charge in [-0.3, -0.25) is 19.9 Å². The lowest BCUT2D eigenvalue weighted by Crippen LogP contribution is -2.39. The molecule has 0 amide bonds. The predicted molar refractivity (Wildman–Crippen MR) is 139 cm³/mol. The molecule has 1 aromatic carbocycles. The molecule has 0 saturated carbocycles. The summed E-state index contributed by atoms with van der Waals surface area (Å²) in [6, 6.07) is 12.3. The number of hydrogen-bond donors (Lipinski definition) is 1. The van der Waals surface area contributed by atoms with Crippen LogP contribution in [-0.2, 0) is 13.1 Å². The summed E-state index contributed by atoms with van der Waals surface area (Å²) in [5, 5.41) is 4.45. The molecule has 0 aliphatic carbocycles. The number of benzene rings is 1. The highest BCUT2D eigenvalue weighted by Crippen LogP contribution is 2.34. The maximum Gasteiger partial charge on any atom is 0.0672 e. The zero-order chi connectivity index (χ0) is 22.6. The van der Waals surface area contributed by atoms with E-state index in [1.165, 1.54) is 23.4 Å². The Labute approximate surface area is 208 Å². The number of rotatable bonds is 6. The van der Waals surface area contributed by atoms with Gasteiger partial charge in [-0.05, 0) is 70.7 Å². The first-order chi connectivity index (χ1) is 16.2. The molecule has 7 heteroatoms. The maximum atomic E-state index is 6.06. The quantitative estimate of drug-likeness (QED) is 0.552. The second kappa shape index (κ2) is 10.3. The standard InChI is InChI=1S/C26H27BrClN5/c27-23-15-30-14-22-25(31-13-19-3-1-9-29-12-19)11-24(32-26(22)23)20-4-2-10-33(17-20)16-18-5-7-21(28)8-6-18/h1,3,5-9,11-12,15,20,22,31H,2,4,10,13-14,16-17H2. The Hall–Kier alpha value is -2.28. The Morgan fingerprint density at radius 3 is 2.85 bits per heavy atom. The van der Waals surface area contributed by atoms with Gasteiger partial charge >= 0.3 is 0 Å². The van der Waals surface area contributed by atoms with Crippen molar-refractivity contribution in [2.24, 2.45) is 21.8 Å². The van der Waals surface area contributed by atoms with Crippen LogP contribution in [0.2, 0.25) is 5.02 Å². The molecule has 1 aromatic heterocycles. The number of allylic oxidation sites excluding steroid dienone is 2. The molecule has 2 atom stereocenters. The van der Waals surface area contributed by atoms with Crippen LogP contribution in [0.4, 0.5) is 0 Å². The molecule has 5 nitrogen and oxygen atoms in total. The minimum absolute atomic E-state index is 0.165. The summed E-state index contributed by atoms with van der Waals surface area (Å²) < 4.78 is 0.985. The number of aliphatic imine (C=N–C) groups is 2. The molecule has 0 spiro atoms. The van der Waals surface area contributed by atoms with Crippen molar-refractivity contribution >= 4 is 39.5 Å². The van der Waals surface area contributed by atoms with Crippen molar-refractivity contribution in [3.63, 3.8) is 0 Å². The van der Waals surface area contributed by atoms with Crippen LogP contribution in [-0.4, -0.2) is 41.4 Å². The van der Waals surface area contributed by atoms with Gasteiger partial charge in [-0.1, -0.05) is 29.8 Å². The zero-order valence-corrected chi connectivity index (χ0v) is 20.8. The van der Waals surface area contributed by atoms with Crippen molar-refractivity contribution < 1.29 is 0 Å². The van der Waals surface area contributed by atoms with E-state index >= 15 is 0 Å². The molecule has 2 unspecified atom stereocenters. The number of pyridine rings is 1. The average molecular weight is 525 g/mol. The van der Waals surface area contributed by atoms with Crippen LogP contribution in [0, 0.1) is 11.8 Å². The number of nitrogens with zero attached hydrogens (tertiary/aromatic N) is 4. The van der Waals surface area contributed by atoms with E-state index < -0.39 is 0 Å². The summed E-state index contributed by atoms with van der Waals surface area (Å²) in [7, 11) is 0. The Balaban J connectivity index is 1.35. The summed E-state index contributed by atoms with van der Waals surface area (Å²) in [6.45, 7) is 4.53. The molecule has 4 heterocycles. The lowest BCUT2D eigenvalue weighted by Gasteiger charge is -2.35. The van der Waals surface area contributed by atoms with E-state index in [2.05, 4.69) is 60.4 Å². The molecule has 3 aliphatic rings. The average Bonchev–Trinajstić information content (AvgIpc) is 2.85. The summed E-state index contributed by atoms with van der Waals surface area (Å²) >= 11 is 9.77. The van der Waals surface area contributed by atoms with E-state index in [9.17, 15) is 0 Å². The van der Waals surface area contributed by atoms with Crippen LogP contribution in [0.15, 0.2) is 80.7 Å². The van der Waals surface area contributed by atoms with Crippen LogP contribution < -0.4 is 5.32 Å². The number of dihydropyridines is 2. The number of fused-ring (bicyclic) bond motifs is 1. The summed E-state index contributed by atoms with van der Waals surface area (Å²) in [5.41, 5.74) is 5.92. The monoisotopic (exact) mass is 523 g/mol. The van der Waals surface area contributed by atoms with Crippen molar-refractivity contribution in [1.29, 1.82) is 0 Å². The number of halogens is 2. The summed E-state index contributed by atoms with van der Waals surface area (Å²) in [6.07, 6.45) is 10.2. The molecular weight excluding hydrogens is 498 g/mol. The molecule has 3 aliphatic heterocycles. The molecule has 33 heavy (non-hydrogen) atoms. The topological polar surface area (TPSA) is 52.9 Å². The third-order valence-corrected chi connectivity index (χ3v) is 7.32. The van der Waals surface area contributed by atoms with Crippen molar-refractivity contribution in [2.45, 2.75) is 25.9 Å². The minimum Gasteiger partial charge on any atom is -0.384 e. The molecular formula is C26H27BrClN5. The molecule has 1 N–H and O–H groups in total. The summed E-state index contributed by atoms with van der Waals surface area (Å²) in [4.78, 5) is 16.5. The van der Waals surface area contributed by atoms with Gasteiger partial charge in [0.05, 0.1) is 22.6 Å². The lowest BCUT2D eigenvalue weighted by molar-refractivity contribution is 0.197.